The minimum atomic E-state index is -1.75. The number of benzene rings is 3. The van der Waals surface area contributed by atoms with Crippen LogP contribution >= 0.6 is 0 Å². The molecular weight excluding hydrogens is 479 g/mol. The van der Waals surface area contributed by atoms with Gasteiger partial charge in [-0.2, -0.15) is 0 Å². The van der Waals surface area contributed by atoms with E-state index in [0.29, 0.717) is 7.25 Å². The van der Waals surface area contributed by atoms with E-state index in [9.17, 15) is 0 Å². The van der Waals surface area contributed by atoms with Crippen molar-refractivity contribution < 1.29 is 32.8 Å². The van der Waals surface area contributed by atoms with Crippen molar-refractivity contribution in [3.8, 4) is 11.1 Å². The molecule has 0 fully saturated rings. The summed E-state index contributed by atoms with van der Waals surface area (Å²) in [6.45, 7) is 2.39. The fourth-order valence-electron chi connectivity index (χ4n) is 5.54. The van der Waals surface area contributed by atoms with Crippen LogP contribution in [0.25, 0.3) is 23.3 Å². The van der Waals surface area contributed by atoms with Crippen molar-refractivity contribution in [1.82, 2.24) is 0 Å². The van der Waals surface area contributed by atoms with E-state index in [-0.39, 0.29) is 12.4 Å². The van der Waals surface area contributed by atoms with Gasteiger partial charge in [0.25, 0.3) is 0 Å². The van der Waals surface area contributed by atoms with Gasteiger partial charge in [0.05, 0.1) is 0 Å². The second kappa shape index (κ2) is 8.23. The first-order valence-corrected chi connectivity index (χ1v) is 19.5. The monoisotopic (exact) mass is 501 g/mol. The van der Waals surface area contributed by atoms with Gasteiger partial charge in [-0.3, -0.25) is 0 Å². The predicted octanol–water partition coefficient (Wildman–Crippen LogP) is 2.85. The third-order valence-electron chi connectivity index (χ3n) is 6.92. The van der Waals surface area contributed by atoms with Crippen LogP contribution < -0.4 is 12.4 Å². The van der Waals surface area contributed by atoms with E-state index in [2.05, 4.69) is 91.8 Å². The molecule has 0 amide bonds. The fourth-order valence-corrected chi connectivity index (χ4v) is 15.6. The van der Waals surface area contributed by atoms with Crippen molar-refractivity contribution in [2.75, 3.05) is 0 Å². The standard InChI is InChI=1S/C18H15.C9H7.ClH.H2Si.Zr/c1-2-6-13(7-3-1)18-16-10-4-8-14(16)12-15-9-5-11-17(15)18;1-2-5-9-7-3-6-8(9)4-1;;;/h1-4,6-8,10,12H,5,9,11H2;1-7H;1H;1H2;/q;;;;+1/p-1. The first-order valence-electron chi connectivity index (χ1n) is 10.7. The van der Waals surface area contributed by atoms with Gasteiger partial charge in [-0.1, -0.05) is 0 Å². The quantitative estimate of drug-likeness (QED) is 0.483. The van der Waals surface area contributed by atoms with Crippen LogP contribution in [0.3, 0.4) is 0 Å². The second-order valence-electron chi connectivity index (χ2n) is 8.49. The molecule has 0 aromatic heterocycles. The summed E-state index contributed by atoms with van der Waals surface area (Å²) in [5.41, 5.74) is 12.4. The molecular formula is C27H24ClSiZr. The molecule has 0 bridgehead atoms. The third kappa shape index (κ3) is 3.20. The Morgan fingerprint density at radius 2 is 1.53 bits per heavy atom. The van der Waals surface area contributed by atoms with Gasteiger partial charge < -0.3 is 12.4 Å². The molecule has 0 radical (unpaired) electrons. The summed E-state index contributed by atoms with van der Waals surface area (Å²) in [7, 11) is 0. The van der Waals surface area contributed by atoms with Crippen LogP contribution in [0.5, 0.6) is 0 Å². The molecule has 3 aromatic carbocycles. The molecule has 6 rings (SSSR count). The molecule has 0 N–H and O–H groups in total. The molecule has 0 nitrogen and oxygen atoms in total. The number of aryl methyl sites for hydroxylation is 1. The molecule has 3 heteroatoms. The first kappa shape index (κ1) is 20.4. The van der Waals surface area contributed by atoms with Crippen molar-refractivity contribution in [2.24, 2.45) is 0 Å². The maximum absolute atomic E-state index is 2.61. The summed E-state index contributed by atoms with van der Waals surface area (Å²) in [4.78, 5) is 0. The summed E-state index contributed by atoms with van der Waals surface area (Å²) in [5.74, 6) is 0. The zero-order valence-electron chi connectivity index (χ0n) is 16.9. The zero-order valence-corrected chi connectivity index (χ0v) is 21.6. The van der Waals surface area contributed by atoms with E-state index in [4.69, 9.17) is 0 Å². The Labute approximate surface area is 194 Å². The van der Waals surface area contributed by atoms with Gasteiger partial charge in [-0.15, -0.1) is 0 Å². The molecule has 2 unspecified atom stereocenters. The number of rotatable bonds is 3. The minimum absolute atomic E-state index is 0. The summed E-state index contributed by atoms with van der Waals surface area (Å²) < 4.78 is 1.40. The molecule has 0 saturated heterocycles. The van der Waals surface area contributed by atoms with Gasteiger partial charge in [0.15, 0.2) is 0 Å². The summed E-state index contributed by atoms with van der Waals surface area (Å²) in [6.07, 6.45) is 13.7. The number of hydrogen-bond acceptors (Lipinski definition) is 0. The average molecular weight is 503 g/mol. The van der Waals surface area contributed by atoms with Crippen LogP contribution in [0, 0.1) is 0 Å². The van der Waals surface area contributed by atoms with Crippen LogP contribution in [0.2, 0.25) is 0 Å². The maximum atomic E-state index is 2.61. The van der Waals surface area contributed by atoms with E-state index in [1.54, 1.807) is 22.3 Å². The molecule has 2 atom stereocenters. The van der Waals surface area contributed by atoms with Crippen molar-refractivity contribution in [2.45, 2.75) is 26.5 Å². The molecule has 147 valence electrons. The van der Waals surface area contributed by atoms with Gasteiger partial charge in [0.2, 0.25) is 0 Å². The van der Waals surface area contributed by atoms with Crippen LogP contribution in [0.15, 0.2) is 72.8 Å². The molecule has 3 aliphatic rings. The number of allylic oxidation sites excluding steroid dienone is 2. The number of hydrogen-bond donors (Lipinski definition) is 0. The van der Waals surface area contributed by atoms with E-state index in [1.165, 1.54) is 41.5 Å². The molecule has 0 spiro atoms. The topological polar surface area (TPSA) is 0 Å². The Hall–Kier alpha value is -1.47. The van der Waals surface area contributed by atoms with Gasteiger partial charge in [0, 0.05) is 0 Å². The van der Waals surface area contributed by atoms with E-state index in [0.717, 1.165) is 0 Å². The fraction of sp³-hybridized carbons (Fsp3) is 0.185. The Balaban J connectivity index is 0.00000193. The Kier molecular flexibility index (Phi) is 5.60. The predicted molar refractivity (Wildman–Crippen MR) is 122 cm³/mol. The molecule has 0 aliphatic heterocycles. The number of fused-ring (bicyclic) bond motifs is 3. The molecule has 3 aromatic rings. The van der Waals surface area contributed by atoms with Crippen molar-refractivity contribution in [1.29, 1.82) is 0 Å². The Morgan fingerprint density at radius 1 is 0.800 bits per heavy atom. The SMILES string of the molecule is [Cl-].[SiH2]=[Zr+]([CH]1C=Cc2ccccc21)[CH]1C=Cc2c1cc1c(c2-c2ccccc2)CCC1. The first-order chi connectivity index (χ1) is 14.3. The van der Waals surface area contributed by atoms with Crippen LogP contribution in [-0.4, -0.2) is 6.88 Å². The third-order valence-corrected chi connectivity index (χ3v) is 18.5. The van der Waals surface area contributed by atoms with Crippen LogP contribution in [0.4, 0.5) is 0 Å². The molecule has 3 aliphatic carbocycles. The summed E-state index contributed by atoms with van der Waals surface area (Å²) in [5, 5.41) is 0. The van der Waals surface area contributed by atoms with Gasteiger partial charge >= 0.3 is 183 Å². The van der Waals surface area contributed by atoms with Crippen LogP contribution in [0.1, 0.15) is 47.1 Å². The zero-order chi connectivity index (χ0) is 19.4. The Morgan fingerprint density at radius 3 is 2.40 bits per heavy atom. The number of halogens is 1. The summed E-state index contributed by atoms with van der Waals surface area (Å²) in [6, 6.07) is 22.8. The summed E-state index contributed by atoms with van der Waals surface area (Å²) >= 11 is -1.75. The normalized spacial score (nSPS) is 19.9. The van der Waals surface area contributed by atoms with Crippen LogP contribution in [-0.2, 0) is 33.2 Å². The van der Waals surface area contributed by atoms with Gasteiger partial charge in [0.1, 0.15) is 0 Å². The van der Waals surface area contributed by atoms with Gasteiger partial charge in [-0.25, -0.2) is 0 Å². The van der Waals surface area contributed by atoms with E-state index < -0.39 is 20.4 Å². The average Bonchev–Trinajstić information content (AvgIpc) is 3.50. The van der Waals surface area contributed by atoms with E-state index >= 15 is 0 Å². The Bertz CT molecular complexity index is 1210. The molecule has 0 saturated carbocycles. The molecule has 30 heavy (non-hydrogen) atoms. The molecule has 0 heterocycles. The second-order valence-corrected chi connectivity index (χ2v) is 19.2. The van der Waals surface area contributed by atoms with Crippen molar-refractivity contribution in [3.63, 3.8) is 0 Å². The van der Waals surface area contributed by atoms with Crippen molar-refractivity contribution >= 4 is 19.0 Å². The van der Waals surface area contributed by atoms with Gasteiger partial charge in [-0.05, 0) is 0 Å². The van der Waals surface area contributed by atoms with Crippen molar-refractivity contribution in [3.05, 3.63) is 106 Å². The van der Waals surface area contributed by atoms with E-state index in [1.807, 2.05) is 0 Å².